The van der Waals surface area contributed by atoms with Crippen molar-refractivity contribution in [2.75, 3.05) is 11.8 Å². The molecule has 0 aromatic rings. The van der Waals surface area contributed by atoms with Crippen LogP contribution in [-0.4, -0.2) is 11.8 Å². The molecule has 0 aliphatic heterocycles. The third-order valence-electron chi connectivity index (χ3n) is 0.567. The number of hydrogen-bond donors (Lipinski definition) is 0. The van der Waals surface area contributed by atoms with Crippen molar-refractivity contribution >= 4 is 23.2 Å². The molecule has 0 spiro atoms. The highest BCUT2D eigenvalue weighted by molar-refractivity contribution is 6.21. The van der Waals surface area contributed by atoms with Crippen molar-refractivity contribution in [1.82, 2.24) is 0 Å². The topological polar surface area (TPSA) is 0 Å². The smallest absolute Gasteiger partial charge is 0.0291 e. The predicted molar refractivity (Wildman–Crippen MR) is 34.6 cm³/mol. The number of alkyl halides is 2. The molecule has 0 aromatic carbocycles. The summed E-state index contributed by atoms with van der Waals surface area (Å²) in [5.74, 6) is 0.826. The van der Waals surface area contributed by atoms with E-state index in [9.17, 15) is 0 Å². The van der Waals surface area contributed by atoms with Gasteiger partial charge < -0.3 is 0 Å². The zero-order valence-corrected chi connectivity index (χ0v) is 5.60. The Bertz CT molecular complexity index is 44.0. The minimum atomic E-state index is -0.386. The van der Waals surface area contributed by atoms with E-state index < -0.39 is 0 Å². The summed E-state index contributed by atoms with van der Waals surface area (Å²) < 4.78 is 0. The van der Waals surface area contributed by atoms with Crippen LogP contribution in [0.5, 0.6) is 0 Å². The largest absolute Gasteiger partial charge is 0.126 e. The van der Waals surface area contributed by atoms with E-state index in [1.165, 1.54) is 0 Å². The molecular weight excluding hydrogens is 131 g/mol. The molecule has 0 amide bonds. The van der Waals surface area contributed by atoms with E-state index in [1.807, 2.05) is 0 Å². The fourth-order valence-corrected chi connectivity index (χ4v) is 0.321. The molecule has 0 saturated carbocycles. The van der Waals surface area contributed by atoms with E-state index in [0.29, 0.717) is 11.8 Å². The zero-order chi connectivity index (χ0) is 5.91. The van der Waals surface area contributed by atoms with Gasteiger partial charge in [0.1, 0.15) is 0 Å². The van der Waals surface area contributed by atoms with Crippen LogP contribution in [-0.2, 0) is 0 Å². The van der Waals surface area contributed by atoms with Crippen LogP contribution in [0.15, 0.2) is 0 Å². The normalized spacial score (nSPS) is 12.0. The second-order valence-corrected chi connectivity index (χ2v) is 2.30. The zero-order valence-electron chi connectivity index (χ0n) is 4.08. The minimum Gasteiger partial charge on any atom is -0.126 e. The lowest BCUT2D eigenvalue weighted by Gasteiger charge is -2.14. The summed E-state index contributed by atoms with van der Waals surface area (Å²) in [5, 5.41) is 0. The second kappa shape index (κ2) is 2.78. The summed E-state index contributed by atoms with van der Waals surface area (Å²) in [6, 6.07) is 0. The summed E-state index contributed by atoms with van der Waals surface area (Å²) >= 11 is 10.8. The molecule has 42 valence electrons. The Morgan fingerprint density at radius 3 is 1.43 bits per heavy atom. The molecule has 0 aromatic heterocycles. The SMILES string of the molecule is [CH2]C([CH2])(CCl)CCl. The average molecular weight is 139 g/mol. The second-order valence-electron chi connectivity index (χ2n) is 1.77. The highest BCUT2D eigenvalue weighted by Gasteiger charge is 2.13. The monoisotopic (exact) mass is 138 g/mol. The molecule has 0 bridgehead atoms. The minimum absolute atomic E-state index is 0.386. The Morgan fingerprint density at radius 2 is 1.43 bits per heavy atom. The Kier molecular flexibility index (Phi) is 3.01. The first-order valence-corrected chi connectivity index (χ1v) is 3.02. The van der Waals surface area contributed by atoms with Gasteiger partial charge in [-0.3, -0.25) is 0 Å². The summed E-state index contributed by atoms with van der Waals surface area (Å²) in [6.45, 7) is 7.26. The van der Waals surface area contributed by atoms with Crippen molar-refractivity contribution in [3.63, 3.8) is 0 Å². The van der Waals surface area contributed by atoms with Crippen molar-refractivity contribution in [2.45, 2.75) is 0 Å². The highest BCUT2D eigenvalue weighted by atomic mass is 35.5. The average Bonchev–Trinajstić information content (AvgIpc) is 1.68. The first kappa shape index (κ1) is 7.58. The molecule has 0 unspecified atom stereocenters. The molecular formula is C5H8Cl2. The van der Waals surface area contributed by atoms with Crippen molar-refractivity contribution in [1.29, 1.82) is 0 Å². The van der Waals surface area contributed by atoms with E-state index in [2.05, 4.69) is 13.8 Å². The molecule has 0 rings (SSSR count). The first-order chi connectivity index (χ1) is 3.12. The Morgan fingerprint density at radius 1 is 1.14 bits per heavy atom. The molecule has 0 heterocycles. The van der Waals surface area contributed by atoms with E-state index in [1.54, 1.807) is 0 Å². The molecule has 0 atom stereocenters. The highest BCUT2D eigenvalue weighted by Crippen LogP contribution is 2.16. The lowest BCUT2D eigenvalue weighted by molar-refractivity contribution is 0.632. The van der Waals surface area contributed by atoms with E-state index in [4.69, 9.17) is 23.2 Å². The van der Waals surface area contributed by atoms with Gasteiger partial charge in [0.25, 0.3) is 0 Å². The summed E-state index contributed by atoms with van der Waals surface area (Å²) in [4.78, 5) is 0. The molecule has 0 aliphatic rings. The molecule has 0 fully saturated rings. The van der Waals surface area contributed by atoms with Crippen molar-refractivity contribution < 1.29 is 0 Å². The molecule has 2 radical (unpaired) electrons. The quantitative estimate of drug-likeness (QED) is 0.514. The number of halogens is 2. The lowest BCUT2D eigenvalue weighted by atomic mass is 10.0. The van der Waals surface area contributed by atoms with Crippen molar-refractivity contribution in [3.05, 3.63) is 13.8 Å². The number of hydrogen-bond acceptors (Lipinski definition) is 0. The Balaban J connectivity index is 3.36. The maximum Gasteiger partial charge on any atom is 0.0291 e. The van der Waals surface area contributed by atoms with Crippen LogP contribution >= 0.6 is 23.2 Å². The van der Waals surface area contributed by atoms with Gasteiger partial charge in [-0.1, -0.05) is 0 Å². The van der Waals surface area contributed by atoms with Crippen LogP contribution in [0, 0.1) is 19.3 Å². The van der Waals surface area contributed by atoms with Crippen LogP contribution in [0.4, 0.5) is 0 Å². The Hall–Kier alpha value is 0.580. The molecule has 2 heteroatoms. The van der Waals surface area contributed by atoms with Crippen LogP contribution in [0.25, 0.3) is 0 Å². The van der Waals surface area contributed by atoms with Crippen LogP contribution in [0.3, 0.4) is 0 Å². The molecule has 0 aliphatic carbocycles. The van der Waals surface area contributed by atoms with Gasteiger partial charge in [0.05, 0.1) is 0 Å². The summed E-state index contributed by atoms with van der Waals surface area (Å²) in [5.41, 5.74) is -0.386. The van der Waals surface area contributed by atoms with Gasteiger partial charge in [-0.15, -0.1) is 23.2 Å². The van der Waals surface area contributed by atoms with Crippen LogP contribution < -0.4 is 0 Å². The maximum atomic E-state index is 5.38. The van der Waals surface area contributed by atoms with Gasteiger partial charge in [-0.25, -0.2) is 0 Å². The maximum absolute atomic E-state index is 5.38. The van der Waals surface area contributed by atoms with Gasteiger partial charge in [0, 0.05) is 11.8 Å². The van der Waals surface area contributed by atoms with Crippen molar-refractivity contribution in [3.8, 4) is 0 Å². The Labute approximate surface area is 54.8 Å². The predicted octanol–water partition coefficient (Wildman–Crippen LogP) is 2.12. The molecule has 0 N–H and O–H groups in total. The van der Waals surface area contributed by atoms with Gasteiger partial charge in [-0.05, 0) is 19.3 Å². The fraction of sp³-hybridized carbons (Fsp3) is 0.600. The van der Waals surface area contributed by atoms with E-state index >= 15 is 0 Å². The molecule has 0 saturated heterocycles. The standard InChI is InChI=1S/C5H8Cl2/c1-5(2,3-6)4-7/h1-4H2. The summed E-state index contributed by atoms with van der Waals surface area (Å²) in [7, 11) is 0. The van der Waals surface area contributed by atoms with Crippen molar-refractivity contribution in [2.24, 2.45) is 5.41 Å². The fourth-order valence-electron chi connectivity index (χ4n) is 0.0357. The van der Waals surface area contributed by atoms with Gasteiger partial charge in [0.15, 0.2) is 0 Å². The van der Waals surface area contributed by atoms with E-state index in [0.717, 1.165) is 0 Å². The van der Waals surface area contributed by atoms with E-state index in [-0.39, 0.29) is 5.41 Å². The molecule has 0 nitrogen and oxygen atoms in total. The van der Waals surface area contributed by atoms with Crippen LogP contribution in [0.1, 0.15) is 0 Å². The lowest BCUT2D eigenvalue weighted by Crippen LogP contribution is -2.15. The third-order valence-corrected chi connectivity index (χ3v) is 1.70. The molecule has 7 heavy (non-hydrogen) atoms. The number of rotatable bonds is 2. The third kappa shape index (κ3) is 3.19. The first-order valence-electron chi connectivity index (χ1n) is 1.95. The van der Waals surface area contributed by atoms with Gasteiger partial charge in [0.2, 0.25) is 0 Å². The van der Waals surface area contributed by atoms with Crippen LogP contribution in [0.2, 0.25) is 0 Å². The van der Waals surface area contributed by atoms with Gasteiger partial charge in [-0.2, -0.15) is 0 Å². The summed E-state index contributed by atoms with van der Waals surface area (Å²) in [6.07, 6.45) is 0. The van der Waals surface area contributed by atoms with Gasteiger partial charge >= 0.3 is 0 Å².